The number of nitrogens with one attached hydrogen (secondary N) is 1. The molecule has 1 heterocycles. The Morgan fingerprint density at radius 2 is 2.17 bits per heavy atom. The average molecular weight is 339 g/mol. The molecule has 1 aliphatic carbocycles. The number of amides is 1. The first kappa shape index (κ1) is 18.2. The minimum atomic E-state index is -0.861. The lowest BCUT2D eigenvalue weighted by molar-refractivity contribution is -0.222. The minimum Gasteiger partial charge on any atom is -0.377 e. The zero-order chi connectivity index (χ0) is 16.0. The van der Waals surface area contributed by atoms with Crippen LogP contribution in [0.25, 0.3) is 0 Å². The van der Waals surface area contributed by atoms with E-state index in [1.807, 2.05) is 32.0 Å². The van der Waals surface area contributed by atoms with Crippen molar-refractivity contribution in [3.8, 4) is 0 Å². The Hall–Kier alpha value is -1.10. The minimum absolute atomic E-state index is 0. The second-order valence-electron chi connectivity index (χ2n) is 7.14. The van der Waals surface area contributed by atoms with Crippen LogP contribution < -0.4 is 11.1 Å². The van der Waals surface area contributed by atoms with Gasteiger partial charge in [0.15, 0.2) is 0 Å². The molecule has 2 aliphatic rings. The molecule has 2 fully saturated rings. The van der Waals surface area contributed by atoms with Gasteiger partial charge in [-0.05, 0) is 37.0 Å². The van der Waals surface area contributed by atoms with Crippen LogP contribution in [0.4, 0.5) is 5.69 Å². The number of rotatable bonds is 3. The molecule has 1 aromatic rings. The number of carbonyl (C=O) groups is 1. The number of anilines is 1. The van der Waals surface area contributed by atoms with Gasteiger partial charge in [-0.25, -0.2) is 0 Å². The maximum Gasteiger partial charge on any atom is 0.245 e. The van der Waals surface area contributed by atoms with E-state index in [1.54, 1.807) is 0 Å². The van der Waals surface area contributed by atoms with E-state index in [1.165, 1.54) is 5.56 Å². The summed E-state index contributed by atoms with van der Waals surface area (Å²) in [5.74, 6) is 0.0307. The lowest BCUT2D eigenvalue weighted by Gasteiger charge is -2.65. The van der Waals surface area contributed by atoms with Gasteiger partial charge >= 0.3 is 0 Å². The monoisotopic (exact) mass is 338 g/mol. The summed E-state index contributed by atoms with van der Waals surface area (Å²) in [6.07, 6.45) is 2.99. The fourth-order valence-corrected chi connectivity index (χ4v) is 4.14. The van der Waals surface area contributed by atoms with E-state index in [9.17, 15) is 4.79 Å². The molecule has 3 rings (SSSR count). The number of aryl methyl sites for hydroxylation is 1. The second kappa shape index (κ2) is 6.42. The summed E-state index contributed by atoms with van der Waals surface area (Å²) in [5.41, 5.74) is 7.43. The number of halogens is 1. The molecule has 5 heteroatoms. The van der Waals surface area contributed by atoms with Crippen molar-refractivity contribution in [3.63, 3.8) is 0 Å². The van der Waals surface area contributed by atoms with E-state index >= 15 is 0 Å². The number of hydrogen-bond donors (Lipinski definition) is 2. The highest BCUT2D eigenvalue weighted by atomic mass is 35.5. The third kappa shape index (κ3) is 2.67. The van der Waals surface area contributed by atoms with Crippen molar-refractivity contribution in [2.24, 2.45) is 17.1 Å². The maximum absolute atomic E-state index is 12.9. The van der Waals surface area contributed by atoms with Gasteiger partial charge in [-0.1, -0.05) is 32.9 Å². The van der Waals surface area contributed by atoms with Crippen LogP contribution in [0.15, 0.2) is 24.3 Å². The van der Waals surface area contributed by atoms with Gasteiger partial charge < -0.3 is 15.8 Å². The Labute approximate surface area is 144 Å². The van der Waals surface area contributed by atoms with Crippen molar-refractivity contribution in [2.45, 2.75) is 51.7 Å². The van der Waals surface area contributed by atoms with Crippen LogP contribution in [-0.2, 0) is 16.0 Å². The molecule has 0 radical (unpaired) electrons. The molecule has 4 nitrogen and oxygen atoms in total. The van der Waals surface area contributed by atoms with E-state index in [2.05, 4.69) is 18.3 Å². The molecule has 3 N–H and O–H groups in total. The fourth-order valence-electron chi connectivity index (χ4n) is 4.14. The Morgan fingerprint density at radius 1 is 1.43 bits per heavy atom. The number of ether oxygens (including phenoxy) is 1. The van der Waals surface area contributed by atoms with Crippen molar-refractivity contribution < 1.29 is 9.53 Å². The van der Waals surface area contributed by atoms with Gasteiger partial charge in [0.2, 0.25) is 5.91 Å². The van der Waals surface area contributed by atoms with Gasteiger partial charge in [-0.15, -0.1) is 12.4 Å². The van der Waals surface area contributed by atoms with E-state index < -0.39 is 5.54 Å². The second-order valence-corrected chi connectivity index (χ2v) is 7.14. The molecule has 3 unspecified atom stereocenters. The van der Waals surface area contributed by atoms with Crippen molar-refractivity contribution in [1.29, 1.82) is 0 Å². The van der Waals surface area contributed by atoms with E-state index in [-0.39, 0.29) is 35.8 Å². The Kier molecular flexibility index (Phi) is 5.09. The summed E-state index contributed by atoms with van der Waals surface area (Å²) in [6.45, 7) is 6.97. The first-order chi connectivity index (χ1) is 10.4. The highest BCUT2D eigenvalue weighted by molar-refractivity contribution is 6.00. The van der Waals surface area contributed by atoms with Crippen LogP contribution in [0.1, 0.15) is 39.2 Å². The number of fused-ring (bicyclic) bond motifs is 1. The van der Waals surface area contributed by atoms with Gasteiger partial charge in [0, 0.05) is 23.6 Å². The van der Waals surface area contributed by atoms with Crippen LogP contribution in [-0.4, -0.2) is 24.2 Å². The lowest BCUT2D eigenvalue weighted by atomic mass is 9.46. The average Bonchev–Trinajstić information content (AvgIpc) is 2.54. The summed E-state index contributed by atoms with van der Waals surface area (Å²) in [4.78, 5) is 12.9. The lowest BCUT2D eigenvalue weighted by Crippen LogP contribution is -2.81. The topological polar surface area (TPSA) is 64.4 Å². The molecule has 23 heavy (non-hydrogen) atoms. The molecule has 0 spiro atoms. The quantitative estimate of drug-likeness (QED) is 0.889. The highest BCUT2D eigenvalue weighted by Crippen LogP contribution is 2.57. The van der Waals surface area contributed by atoms with Gasteiger partial charge in [-0.3, -0.25) is 4.79 Å². The Bertz CT molecular complexity index is 590. The SMILES string of the molecule is CCc1cccc(NC(=O)C2(N)C3CCCOC3C2(C)C)c1.Cl. The molecule has 1 amide bonds. The zero-order valence-corrected chi connectivity index (χ0v) is 14.9. The maximum atomic E-state index is 12.9. The van der Waals surface area contributed by atoms with Crippen LogP contribution in [0, 0.1) is 11.3 Å². The molecule has 1 saturated heterocycles. The molecule has 1 aromatic carbocycles. The van der Waals surface area contributed by atoms with Crippen LogP contribution in [0.5, 0.6) is 0 Å². The molecule has 1 saturated carbocycles. The highest BCUT2D eigenvalue weighted by Gasteiger charge is 2.70. The van der Waals surface area contributed by atoms with Crippen molar-refractivity contribution in [2.75, 3.05) is 11.9 Å². The smallest absolute Gasteiger partial charge is 0.245 e. The van der Waals surface area contributed by atoms with Crippen LogP contribution in [0.3, 0.4) is 0 Å². The van der Waals surface area contributed by atoms with Gasteiger partial charge in [0.1, 0.15) is 5.54 Å². The van der Waals surface area contributed by atoms with Crippen LogP contribution in [0.2, 0.25) is 0 Å². The molecule has 128 valence electrons. The Morgan fingerprint density at radius 3 is 2.87 bits per heavy atom. The summed E-state index contributed by atoms with van der Waals surface area (Å²) in [5, 5.41) is 3.03. The van der Waals surface area contributed by atoms with Gasteiger partial charge in [0.25, 0.3) is 0 Å². The summed E-state index contributed by atoms with van der Waals surface area (Å²) in [7, 11) is 0. The molecular formula is C18H27ClN2O2. The molecule has 1 aliphatic heterocycles. The predicted octanol–water partition coefficient (Wildman–Crippen LogP) is 3.14. The van der Waals surface area contributed by atoms with Crippen molar-refractivity contribution in [3.05, 3.63) is 29.8 Å². The number of hydrogen-bond acceptors (Lipinski definition) is 3. The largest absolute Gasteiger partial charge is 0.377 e. The van der Waals surface area contributed by atoms with E-state index in [4.69, 9.17) is 10.5 Å². The first-order valence-corrected chi connectivity index (χ1v) is 8.22. The molecule has 0 bridgehead atoms. The Balaban J connectivity index is 0.00000192. The zero-order valence-electron chi connectivity index (χ0n) is 14.1. The summed E-state index contributed by atoms with van der Waals surface area (Å²) >= 11 is 0. The normalized spacial score (nSPS) is 31.3. The number of carbonyl (C=O) groups excluding carboxylic acids is 1. The molecule has 3 atom stereocenters. The van der Waals surface area contributed by atoms with Crippen LogP contribution >= 0.6 is 12.4 Å². The van der Waals surface area contributed by atoms with Crippen molar-refractivity contribution in [1.82, 2.24) is 0 Å². The molecule has 0 aromatic heterocycles. The predicted molar refractivity (Wildman–Crippen MR) is 94.9 cm³/mol. The van der Waals surface area contributed by atoms with E-state index in [0.717, 1.165) is 31.6 Å². The van der Waals surface area contributed by atoms with Crippen molar-refractivity contribution >= 4 is 24.0 Å². The number of benzene rings is 1. The molecular weight excluding hydrogens is 312 g/mol. The summed E-state index contributed by atoms with van der Waals surface area (Å²) in [6, 6.07) is 7.96. The summed E-state index contributed by atoms with van der Waals surface area (Å²) < 4.78 is 5.86. The third-order valence-electron chi connectivity index (χ3n) is 5.65. The number of nitrogens with two attached hydrogens (primary N) is 1. The van der Waals surface area contributed by atoms with E-state index in [0.29, 0.717) is 0 Å². The van der Waals surface area contributed by atoms with Gasteiger partial charge in [-0.2, -0.15) is 0 Å². The third-order valence-corrected chi connectivity index (χ3v) is 5.65. The van der Waals surface area contributed by atoms with Gasteiger partial charge in [0.05, 0.1) is 6.10 Å². The standard InChI is InChI=1S/C18H26N2O2.ClH/c1-4-12-7-5-8-13(11-12)20-16(21)18(19)14-9-6-10-22-15(14)17(18,2)3;/h5,7-8,11,14-15H,4,6,9-10,19H2,1-3H3,(H,20,21);1H. The fraction of sp³-hybridized carbons (Fsp3) is 0.611. The first-order valence-electron chi connectivity index (χ1n) is 8.22.